The molecule has 0 aromatic carbocycles. The van der Waals surface area contributed by atoms with E-state index < -0.39 is 0 Å². The topological polar surface area (TPSA) is 131 Å². The second-order valence-corrected chi connectivity index (χ2v) is 5.03. The Bertz CT molecular complexity index is 779. The maximum Gasteiger partial charge on any atom is 0.140 e. The third-order valence-corrected chi connectivity index (χ3v) is 3.37. The molecule has 0 saturated carbocycles. The van der Waals surface area contributed by atoms with Crippen molar-refractivity contribution < 1.29 is 4.74 Å². The standard InChI is InChI=1S/C17H21N7O/c1-21-9-12(7-18)11-5-15-14(22-10-11)3-4-17(23-15)24-16(20)6-13(8-19)25-2/h3-10,19,22-23H,18H2,1-2H3,(H2,20,24). The highest BCUT2D eigenvalue weighted by Gasteiger charge is 2.16. The van der Waals surface area contributed by atoms with Crippen LogP contribution in [0.1, 0.15) is 0 Å². The summed E-state index contributed by atoms with van der Waals surface area (Å²) < 4.78 is 4.95. The Kier molecular flexibility index (Phi) is 5.94. The average Bonchev–Trinajstić information content (AvgIpc) is 2.63. The Morgan fingerprint density at radius 2 is 2.16 bits per heavy atom. The predicted molar refractivity (Wildman–Crippen MR) is 100 cm³/mol. The van der Waals surface area contributed by atoms with Crippen LogP contribution in [0.5, 0.6) is 0 Å². The number of amidine groups is 1. The Labute approximate surface area is 146 Å². The molecule has 0 atom stereocenters. The van der Waals surface area contributed by atoms with Crippen molar-refractivity contribution >= 4 is 18.3 Å². The van der Waals surface area contributed by atoms with Crippen LogP contribution in [0.2, 0.25) is 0 Å². The molecular formula is C17H21N7O. The van der Waals surface area contributed by atoms with E-state index in [1.807, 2.05) is 24.4 Å². The van der Waals surface area contributed by atoms with Crippen molar-refractivity contribution in [3.8, 4) is 0 Å². The molecule has 2 heterocycles. The number of aliphatic imine (C=N–C) groups is 1. The second-order valence-electron chi connectivity index (χ2n) is 5.03. The summed E-state index contributed by atoms with van der Waals surface area (Å²) in [5, 5.41) is 24.4. The van der Waals surface area contributed by atoms with E-state index in [0.29, 0.717) is 5.82 Å². The molecule has 0 amide bonds. The Morgan fingerprint density at radius 1 is 1.36 bits per heavy atom. The van der Waals surface area contributed by atoms with Crippen LogP contribution in [0.25, 0.3) is 0 Å². The fourth-order valence-electron chi connectivity index (χ4n) is 2.18. The molecule has 0 saturated heterocycles. The number of ether oxygens (including phenoxy) is 1. The first kappa shape index (κ1) is 17.8. The summed E-state index contributed by atoms with van der Waals surface area (Å²) in [6.45, 7) is 0. The number of hydrogen-bond acceptors (Lipinski definition) is 7. The van der Waals surface area contributed by atoms with Gasteiger partial charge in [-0.05, 0) is 18.2 Å². The molecule has 130 valence electrons. The van der Waals surface area contributed by atoms with Gasteiger partial charge >= 0.3 is 0 Å². The molecule has 25 heavy (non-hydrogen) atoms. The molecule has 2 aliphatic rings. The van der Waals surface area contributed by atoms with E-state index in [2.05, 4.69) is 20.9 Å². The first-order valence-corrected chi connectivity index (χ1v) is 7.45. The second kappa shape index (κ2) is 8.34. The first-order valence-electron chi connectivity index (χ1n) is 7.45. The highest BCUT2D eigenvalue weighted by atomic mass is 16.5. The van der Waals surface area contributed by atoms with Crippen LogP contribution in [0, 0.1) is 10.8 Å². The number of rotatable bonds is 6. The van der Waals surface area contributed by atoms with Crippen molar-refractivity contribution in [3.05, 3.63) is 70.8 Å². The van der Waals surface area contributed by atoms with Gasteiger partial charge in [0.25, 0.3) is 0 Å². The number of allylic oxidation sites excluding steroid dienone is 6. The molecule has 8 nitrogen and oxygen atoms in total. The summed E-state index contributed by atoms with van der Waals surface area (Å²) in [6.07, 6.45) is 13.1. The Morgan fingerprint density at radius 3 is 2.80 bits per heavy atom. The molecule has 2 aliphatic heterocycles. The maximum atomic E-state index is 7.92. The van der Waals surface area contributed by atoms with Crippen LogP contribution in [0.15, 0.2) is 75.8 Å². The third-order valence-electron chi connectivity index (χ3n) is 3.37. The number of nitrogens with two attached hydrogens (primary N) is 1. The lowest BCUT2D eigenvalue weighted by Crippen LogP contribution is -2.34. The lowest BCUT2D eigenvalue weighted by Gasteiger charge is -2.25. The zero-order valence-corrected chi connectivity index (χ0v) is 14.1. The average molecular weight is 339 g/mol. The molecule has 2 rings (SSSR count). The maximum absolute atomic E-state index is 7.92. The van der Waals surface area contributed by atoms with Gasteiger partial charge in [0.1, 0.15) is 17.4 Å². The highest BCUT2D eigenvalue weighted by molar-refractivity contribution is 5.96. The van der Waals surface area contributed by atoms with Crippen LogP contribution in [0.3, 0.4) is 0 Å². The zero-order chi connectivity index (χ0) is 18.2. The van der Waals surface area contributed by atoms with Gasteiger partial charge in [-0.3, -0.25) is 10.4 Å². The van der Waals surface area contributed by atoms with Crippen molar-refractivity contribution in [3.63, 3.8) is 0 Å². The minimum absolute atomic E-state index is 0.0942. The van der Waals surface area contributed by atoms with Crippen LogP contribution < -0.4 is 21.7 Å². The number of nitrogens with one attached hydrogen (secondary N) is 5. The summed E-state index contributed by atoms with van der Waals surface area (Å²) in [5.74, 6) is 1.00. The molecule has 0 aliphatic carbocycles. The van der Waals surface area contributed by atoms with Gasteiger partial charge in [-0.2, -0.15) is 0 Å². The SMILES string of the molecule is CN=CC(=CN)C1=CNC2=CC=C(NC(=N)C=C(C=N)OC)NC2=C1. The third kappa shape index (κ3) is 4.47. The van der Waals surface area contributed by atoms with Gasteiger partial charge in [-0.25, -0.2) is 0 Å². The normalized spacial score (nSPS) is 17.2. The molecular weight excluding hydrogens is 318 g/mol. The molecule has 0 bridgehead atoms. The minimum Gasteiger partial charge on any atom is -0.495 e. The molecule has 0 aromatic heterocycles. The molecule has 0 fully saturated rings. The van der Waals surface area contributed by atoms with E-state index in [-0.39, 0.29) is 11.6 Å². The minimum atomic E-state index is 0.0942. The van der Waals surface area contributed by atoms with Gasteiger partial charge < -0.3 is 31.8 Å². The molecule has 8 heteroatoms. The quantitative estimate of drug-likeness (QED) is 0.244. The highest BCUT2D eigenvalue weighted by Crippen LogP contribution is 2.21. The largest absolute Gasteiger partial charge is 0.495 e. The van der Waals surface area contributed by atoms with Crippen LogP contribution >= 0.6 is 0 Å². The lowest BCUT2D eigenvalue weighted by atomic mass is 10.0. The van der Waals surface area contributed by atoms with Crippen LogP contribution in [-0.4, -0.2) is 32.4 Å². The van der Waals surface area contributed by atoms with Crippen molar-refractivity contribution in [2.45, 2.75) is 0 Å². The molecule has 0 aromatic rings. The number of nitrogens with zero attached hydrogens (tertiary/aromatic N) is 1. The van der Waals surface area contributed by atoms with E-state index >= 15 is 0 Å². The van der Waals surface area contributed by atoms with Crippen molar-refractivity contribution in [1.82, 2.24) is 16.0 Å². The van der Waals surface area contributed by atoms with Gasteiger partial charge in [0.2, 0.25) is 0 Å². The van der Waals surface area contributed by atoms with Gasteiger partial charge in [-0.1, -0.05) is 0 Å². The fraction of sp³-hybridized carbons (Fsp3) is 0.118. The van der Waals surface area contributed by atoms with E-state index in [9.17, 15) is 0 Å². The van der Waals surface area contributed by atoms with E-state index in [0.717, 1.165) is 28.8 Å². The first-order chi connectivity index (χ1) is 12.1. The smallest absolute Gasteiger partial charge is 0.140 e. The monoisotopic (exact) mass is 339 g/mol. The van der Waals surface area contributed by atoms with Crippen molar-refractivity contribution in [1.29, 1.82) is 10.8 Å². The van der Waals surface area contributed by atoms with Crippen molar-refractivity contribution in [2.75, 3.05) is 14.2 Å². The molecule has 0 spiro atoms. The lowest BCUT2D eigenvalue weighted by molar-refractivity contribution is 0.317. The van der Waals surface area contributed by atoms with Gasteiger partial charge in [0, 0.05) is 42.9 Å². The summed E-state index contributed by atoms with van der Waals surface area (Å²) in [7, 11) is 3.13. The summed E-state index contributed by atoms with van der Waals surface area (Å²) in [6, 6.07) is 0. The zero-order valence-electron chi connectivity index (χ0n) is 14.1. The molecule has 0 unspecified atom stereocenters. The number of hydrogen-bond donors (Lipinski definition) is 6. The Balaban J connectivity index is 2.13. The van der Waals surface area contributed by atoms with Gasteiger partial charge in [0.05, 0.1) is 24.7 Å². The predicted octanol–water partition coefficient (Wildman–Crippen LogP) is 0.976. The van der Waals surface area contributed by atoms with Gasteiger partial charge in [-0.15, -0.1) is 0 Å². The summed E-state index contributed by atoms with van der Waals surface area (Å²) >= 11 is 0. The van der Waals surface area contributed by atoms with Crippen LogP contribution in [0.4, 0.5) is 0 Å². The Hall–Kier alpha value is -3.55. The number of methoxy groups -OCH3 is 1. The summed E-state index contributed by atoms with van der Waals surface area (Å²) in [5.41, 5.74) is 9.06. The van der Waals surface area contributed by atoms with Crippen molar-refractivity contribution in [2.24, 2.45) is 10.7 Å². The van der Waals surface area contributed by atoms with E-state index in [1.54, 1.807) is 13.3 Å². The molecule has 7 N–H and O–H groups in total. The fourth-order valence-corrected chi connectivity index (χ4v) is 2.18. The van der Waals surface area contributed by atoms with E-state index in [1.165, 1.54) is 19.4 Å². The van der Waals surface area contributed by atoms with E-state index in [4.69, 9.17) is 21.3 Å². The molecule has 0 radical (unpaired) electrons. The van der Waals surface area contributed by atoms with Gasteiger partial charge in [0.15, 0.2) is 0 Å². The van der Waals surface area contributed by atoms with Crippen LogP contribution in [-0.2, 0) is 4.74 Å². The number of fused-ring (bicyclic) bond motifs is 1. The number of dihydropyridines is 2. The summed E-state index contributed by atoms with van der Waals surface area (Å²) in [4.78, 5) is 3.99.